The van der Waals surface area contributed by atoms with Crippen LogP contribution in [0.3, 0.4) is 0 Å². The Labute approximate surface area is 249 Å². The van der Waals surface area contributed by atoms with Crippen LogP contribution < -0.4 is 0 Å². The van der Waals surface area contributed by atoms with Gasteiger partial charge in [-0.3, -0.25) is 0 Å². The summed E-state index contributed by atoms with van der Waals surface area (Å²) < 4.78 is 0.327. The fourth-order valence-electron chi connectivity index (χ4n) is 3.51. The normalized spacial score (nSPS) is 10.8. The van der Waals surface area contributed by atoms with E-state index in [-0.39, 0.29) is 0 Å². The van der Waals surface area contributed by atoms with Gasteiger partial charge in [-0.05, 0) is 60.4 Å². The fourth-order valence-corrected chi connectivity index (χ4v) is 5.74. The van der Waals surface area contributed by atoms with E-state index in [4.69, 9.17) is 0 Å². The molecule has 0 unspecified atom stereocenters. The van der Waals surface area contributed by atoms with Crippen LogP contribution >= 0.6 is 23.5 Å². The van der Waals surface area contributed by atoms with Gasteiger partial charge >= 0.3 is 0 Å². The molecule has 0 nitrogen and oxygen atoms in total. The summed E-state index contributed by atoms with van der Waals surface area (Å²) in [5.41, 5.74) is 3.23. The van der Waals surface area contributed by atoms with E-state index in [0.29, 0.717) is 10.2 Å². The van der Waals surface area contributed by atoms with E-state index in [2.05, 4.69) is 130 Å². The van der Waals surface area contributed by atoms with Gasteiger partial charge in [0, 0.05) is 20.3 Å². The van der Waals surface area contributed by atoms with Gasteiger partial charge in [-0.1, -0.05) is 146 Å². The summed E-state index contributed by atoms with van der Waals surface area (Å²) in [7, 11) is 0. The number of thioether (sulfide) groups is 2. The minimum absolute atomic E-state index is 0.303. The van der Waals surface area contributed by atoms with E-state index >= 15 is 0 Å². The summed E-state index contributed by atoms with van der Waals surface area (Å²) in [5.74, 6) is 1.03. The Morgan fingerprint density at radius 3 is 1.50 bits per heavy atom. The van der Waals surface area contributed by atoms with Gasteiger partial charge in [-0.2, -0.15) is 0 Å². The first-order chi connectivity index (χ1) is 18.2. The molecule has 0 fully saturated rings. The fraction of sp³-hybridized carbons (Fsp3) is 0.667. The minimum Gasteiger partial charge on any atom is -0.121 e. The van der Waals surface area contributed by atoms with E-state index in [9.17, 15) is 0 Å². The standard InChI is InChI=1S/C25H36S2.C5H12.C4H10.C2H6/c1-7-24(5,8-2)21-15-17-22(18-16-21)26-19-20-13-11-12-14-23(20)27-25(6,9-3)10-4;1-3-5-4-2;1-3-4-2;1-2/h11-18H,7-10,19H2,1-6H3;3-5H2,1-2H3;3-4H2,1-2H3;1-2H3. The highest BCUT2D eigenvalue weighted by Gasteiger charge is 2.23. The molecule has 0 spiro atoms. The second-order valence-electron chi connectivity index (χ2n) is 10.3. The van der Waals surface area contributed by atoms with Crippen LogP contribution in [0.15, 0.2) is 58.3 Å². The molecule has 0 aliphatic heterocycles. The van der Waals surface area contributed by atoms with Crippen molar-refractivity contribution in [2.75, 3.05) is 0 Å². The average Bonchev–Trinajstić information content (AvgIpc) is 2.98. The predicted octanol–water partition coefficient (Wildman–Crippen LogP) is 13.8. The van der Waals surface area contributed by atoms with Crippen molar-refractivity contribution in [3.63, 3.8) is 0 Å². The van der Waals surface area contributed by atoms with Crippen molar-refractivity contribution in [1.82, 2.24) is 0 Å². The lowest BCUT2D eigenvalue weighted by Gasteiger charge is -2.27. The maximum absolute atomic E-state index is 2.39. The number of unbranched alkanes of at least 4 members (excludes halogenated alkanes) is 3. The first-order valence-electron chi connectivity index (χ1n) is 15.7. The van der Waals surface area contributed by atoms with Crippen LogP contribution in [0.5, 0.6) is 0 Å². The molecular formula is C36H64S2. The quantitative estimate of drug-likeness (QED) is 0.223. The summed E-state index contributed by atoms with van der Waals surface area (Å²) in [5, 5.41) is 0. The van der Waals surface area contributed by atoms with Crippen molar-refractivity contribution >= 4 is 23.5 Å². The molecule has 38 heavy (non-hydrogen) atoms. The summed E-state index contributed by atoms with van der Waals surface area (Å²) in [4.78, 5) is 2.80. The molecule has 0 aliphatic carbocycles. The maximum Gasteiger partial charge on any atom is 0.0243 e. The van der Waals surface area contributed by atoms with Gasteiger partial charge in [0.05, 0.1) is 0 Å². The molecule has 0 amide bonds. The third-order valence-electron chi connectivity index (χ3n) is 7.54. The molecule has 0 N–H and O–H groups in total. The highest BCUT2D eigenvalue weighted by molar-refractivity contribution is 8.01. The number of hydrogen-bond acceptors (Lipinski definition) is 2. The molecule has 0 saturated carbocycles. The summed E-state index contributed by atoms with van der Waals surface area (Å²) in [6.07, 6.45) is 11.5. The molecule has 0 atom stereocenters. The summed E-state index contributed by atoms with van der Waals surface area (Å²) >= 11 is 4.00. The van der Waals surface area contributed by atoms with Crippen LogP contribution in [0.4, 0.5) is 0 Å². The van der Waals surface area contributed by atoms with Crippen molar-refractivity contribution < 1.29 is 0 Å². The van der Waals surface area contributed by atoms with Gasteiger partial charge < -0.3 is 0 Å². The Hall–Kier alpha value is -0.860. The Bertz CT molecular complexity index is 766. The summed E-state index contributed by atoms with van der Waals surface area (Å²) in [6.45, 7) is 26.7. The Balaban J connectivity index is 0. The molecule has 2 aromatic carbocycles. The number of rotatable bonds is 13. The third-order valence-corrected chi connectivity index (χ3v) is 10.3. The topological polar surface area (TPSA) is 0 Å². The van der Waals surface area contributed by atoms with Crippen LogP contribution in [0.1, 0.15) is 152 Å². The first kappa shape index (κ1) is 39.3. The lowest BCUT2D eigenvalue weighted by Crippen LogP contribution is -2.19. The van der Waals surface area contributed by atoms with E-state index in [1.54, 1.807) is 0 Å². The van der Waals surface area contributed by atoms with Gasteiger partial charge in [-0.15, -0.1) is 23.5 Å². The van der Waals surface area contributed by atoms with Crippen LogP contribution in [0.2, 0.25) is 0 Å². The minimum atomic E-state index is 0.303. The average molecular weight is 561 g/mol. The highest BCUT2D eigenvalue weighted by atomic mass is 32.2. The third kappa shape index (κ3) is 15.7. The van der Waals surface area contributed by atoms with Crippen LogP contribution in [-0.2, 0) is 11.2 Å². The molecule has 0 bridgehead atoms. The van der Waals surface area contributed by atoms with Crippen molar-refractivity contribution in [1.29, 1.82) is 0 Å². The molecule has 0 aliphatic rings. The molecule has 0 saturated heterocycles. The SMILES string of the molecule is CC.CCC(C)(CC)Sc1ccccc1CSc1ccc(C(C)(CC)CC)cc1.CCCC.CCCCC. The van der Waals surface area contributed by atoms with Gasteiger partial charge in [0.2, 0.25) is 0 Å². The monoisotopic (exact) mass is 560 g/mol. The molecule has 2 rings (SSSR count). The van der Waals surface area contributed by atoms with Gasteiger partial charge in [-0.25, -0.2) is 0 Å². The lowest BCUT2D eigenvalue weighted by molar-refractivity contribution is 0.438. The van der Waals surface area contributed by atoms with E-state index < -0.39 is 0 Å². The molecule has 2 aromatic rings. The largest absolute Gasteiger partial charge is 0.121 e. The molecule has 2 heteroatoms. The number of hydrogen-bond donors (Lipinski definition) is 0. The van der Waals surface area contributed by atoms with Gasteiger partial charge in [0.25, 0.3) is 0 Å². The van der Waals surface area contributed by atoms with Crippen molar-refractivity contribution in [3.05, 3.63) is 59.7 Å². The molecule has 0 aromatic heterocycles. The van der Waals surface area contributed by atoms with Gasteiger partial charge in [0.15, 0.2) is 0 Å². The molecule has 0 radical (unpaired) electrons. The zero-order chi connectivity index (χ0) is 29.5. The van der Waals surface area contributed by atoms with Crippen LogP contribution in [-0.4, -0.2) is 4.75 Å². The van der Waals surface area contributed by atoms with Crippen LogP contribution in [0, 0.1) is 0 Å². The Morgan fingerprint density at radius 1 is 0.605 bits per heavy atom. The Morgan fingerprint density at radius 2 is 1.11 bits per heavy atom. The Kier molecular flexibility index (Phi) is 24.8. The first-order valence-corrected chi connectivity index (χ1v) is 17.5. The molecular weight excluding hydrogens is 497 g/mol. The second-order valence-corrected chi connectivity index (χ2v) is 13.0. The second kappa shape index (κ2) is 24.0. The number of benzene rings is 2. The van der Waals surface area contributed by atoms with Crippen LogP contribution in [0.25, 0.3) is 0 Å². The van der Waals surface area contributed by atoms with E-state index in [1.807, 2.05) is 25.6 Å². The van der Waals surface area contributed by atoms with E-state index in [1.165, 1.54) is 78.7 Å². The zero-order valence-electron chi connectivity index (χ0n) is 27.5. The molecule has 0 heterocycles. The van der Waals surface area contributed by atoms with E-state index in [0.717, 1.165) is 5.75 Å². The highest BCUT2D eigenvalue weighted by Crippen LogP contribution is 2.41. The summed E-state index contributed by atoms with van der Waals surface area (Å²) in [6, 6.07) is 18.2. The van der Waals surface area contributed by atoms with Crippen molar-refractivity contribution in [2.24, 2.45) is 0 Å². The zero-order valence-corrected chi connectivity index (χ0v) is 29.1. The predicted molar refractivity (Wildman–Crippen MR) is 182 cm³/mol. The van der Waals surface area contributed by atoms with Crippen molar-refractivity contribution in [2.45, 2.75) is 167 Å². The smallest absolute Gasteiger partial charge is 0.0243 e. The lowest BCUT2D eigenvalue weighted by atomic mass is 9.78. The maximum atomic E-state index is 2.39. The van der Waals surface area contributed by atoms with Crippen molar-refractivity contribution in [3.8, 4) is 0 Å². The molecule has 220 valence electrons. The van der Waals surface area contributed by atoms with Gasteiger partial charge in [0.1, 0.15) is 0 Å².